The van der Waals surface area contributed by atoms with Crippen molar-refractivity contribution >= 4 is 23.4 Å². The number of nitrogens with two attached hydrogens (primary N) is 1. The third kappa shape index (κ3) is 5.79. The van der Waals surface area contributed by atoms with E-state index in [0.29, 0.717) is 34.4 Å². The maximum atomic E-state index is 12.8. The number of urea groups is 1. The molecule has 0 bridgehead atoms. The normalized spacial score (nSPS) is 11.1. The maximum absolute atomic E-state index is 12.8. The van der Waals surface area contributed by atoms with Crippen LogP contribution in [0.4, 0.5) is 16.3 Å². The molecule has 10 heteroatoms. The van der Waals surface area contributed by atoms with E-state index in [-0.39, 0.29) is 11.1 Å². The second-order valence-electron chi connectivity index (χ2n) is 9.07. The molecule has 0 saturated carbocycles. The lowest BCUT2D eigenvalue weighted by molar-refractivity contribution is 0.0995. The fourth-order valence-electron chi connectivity index (χ4n) is 3.30. The molecule has 6 N–H and O–H groups in total. The molecule has 0 saturated heterocycles. The first-order valence-corrected chi connectivity index (χ1v) is 11.1. The Labute approximate surface area is 207 Å². The molecule has 0 atom stereocenters. The molecule has 0 unspecified atom stereocenters. The van der Waals surface area contributed by atoms with Gasteiger partial charge in [-0.2, -0.15) is 5.10 Å². The van der Waals surface area contributed by atoms with Gasteiger partial charge in [0, 0.05) is 35.5 Å². The first-order valence-electron chi connectivity index (χ1n) is 11.1. The van der Waals surface area contributed by atoms with E-state index in [9.17, 15) is 9.59 Å². The lowest BCUT2D eigenvalue weighted by atomic mass is 9.92. The largest absolute Gasteiger partial charge is 0.593 e. The van der Waals surface area contributed by atoms with Crippen LogP contribution in [0.5, 0.6) is 17.2 Å². The average Bonchev–Trinajstić information content (AvgIpc) is 3.25. The number of hydrogen-bond acceptors (Lipinski definition) is 5. The summed E-state index contributed by atoms with van der Waals surface area (Å²) in [4.78, 5) is 28.0. The van der Waals surface area contributed by atoms with E-state index in [2.05, 4.69) is 20.7 Å². The van der Waals surface area contributed by atoms with Crippen LogP contribution in [0.2, 0.25) is 0 Å². The van der Waals surface area contributed by atoms with Gasteiger partial charge in [0.05, 0.1) is 17.4 Å². The van der Waals surface area contributed by atoms with E-state index in [1.165, 1.54) is 12.3 Å². The van der Waals surface area contributed by atoms with Crippen LogP contribution in [-0.2, 0) is 5.41 Å². The Balaban J connectivity index is 1.47. The van der Waals surface area contributed by atoms with Gasteiger partial charge in [-0.25, -0.2) is 9.48 Å². The van der Waals surface area contributed by atoms with Crippen molar-refractivity contribution in [3.63, 3.8) is 0 Å². The summed E-state index contributed by atoms with van der Waals surface area (Å²) in [5, 5.41) is 18.2. The minimum atomic E-state index is -0.644. The van der Waals surface area contributed by atoms with Crippen molar-refractivity contribution in [3.8, 4) is 22.9 Å². The molecule has 0 aliphatic carbocycles. The van der Waals surface area contributed by atoms with Crippen LogP contribution in [0.1, 0.15) is 37.0 Å². The predicted octanol–water partition coefficient (Wildman–Crippen LogP) is 4.54. The minimum absolute atomic E-state index is 0.103. The highest BCUT2D eigenvalue weighted by Gasteiger charge is 2.22. The van der Waals surface area contributed by atoms with Crippen LogP contribution in [0.3, 0.4) is 0 Å². The fourth-order valence-corrected chi connectivity index (χ4v) is 3.30. The highest BCUT2D eigenvalue weighted by Crippen LogP contribution is 2.28. The zero-order valence-corrected chi connectivity index (χ0v) is 20.1. The van der Waals surface area contributed by atoms with Crippen molar-refractivity contribution in [2.45, 2.75) is 26.2 Å². The van der Waals surface area contributed by atoms with Crippen molar-refractivity contribution in [1.82, 2.24) is 14.8 Å². The molecule has 0 spiro atoms. The Bertz CT molecular complexity index is 1410. The molecular formula is C26H27N6O4+. The number of anilines is 2. The summed E-state index contributed by atoms with van der Waals surface area (Å²) in [5.74, 6) is 1.10. The Kier molecular flexibility index (Phi) is 6.60. The molecule has 2 aromatic carbocycles. The summed E-state index contributed by atoms with van der Waals surface area (Å²) in [7, 11) is 0. The van der Waals surface area contributed by atoms with Gasteiger partial charge in [-0.05, 0) is 36.4 Å². The molecule has 36 heavy (non-hydrogen) atoms. The maximum Gasteiger partial charge on any atom is 0.324 e. The van der Waals surface area contributed by atoms with Gasteiger partial charge in [-0.1, -0.05) is 26.8 Å². The highest BCUT2D eigenvalue weighted by molar-refractivity contribution is 5.99. The minimum Gasteiger partial charge on any atom is -0.593 e. The third-order valence-electron chi connectivity index (χ3n) is 5.14. The van der Waals surface area contributed by atoms with E-state index in [0.717, 1.165) is 5.69 Å². The average molecular weight is 488 g/mol. The van der Waals surface area contributed by atoms with E-state index in [1.807, 2.05) is 32.9 Å². The number of pyridine rings is 1. The number of rotatable bonds is 6. The quantitative estimate of drug-likeness (QED) is 0.342. The molecule has 0 aliphatic rings. The lowest BCUT2D eigenvalue weighted by Gasteiger charge is -2.14. The van der Waals surface area contributed by atoms with Gasteiger partial charge in [0.1, 0.15) is 23.0 Å². The van der Waals surface area contributed by atoms with Gasteiger partial charge in [-0.3, -0.25) is 15.1 Å². The van der Waals surface area contributed by atoms with Crippen molar-refractivity contribution in [3.05, 3.63) is 84.3 Å². The molecule has 4 rings (SSSR count). The number of nitrogens with one attached hydrogen (secondary N) is 2. The number of ether oxygens (including phenoxy) is 1. The number of carbonyl (C=O) groups is 2. The van der Waals surface area contributed by atoms with Crippen LogP contribution in [0.15, 0.2) is 72.9 Å². The van der Waals surface area contributed by atoms with Crippen LogP contribution >= 0.6 is 0 Å². The molecule has 0 fully saturated rings. The first kappa shape index (κ1) is 24.3. The lowest BCUT2D eigenvalue weighted by Crippen LogP contribution is -2.21. The third-order valence-corrected chi connectivity index (χ3v) is 5.14. The van der Waals surface area contributed by atoms with Crippen molar-refractivity contribution in [2.24, 2.45) is 5.73 Å². The number of aromatic nitrogens is 3. The van der Waals surface area contributed by atoms with Crippen molar-refractivity contribution < 1.29 is 19.4 Å². The number of carbonyl (C=O) groups excluding carboxylic acids is 2. The topological polar surface area (TPSA) is 147 Å². The summed E-state index contributed by atoms with van der Waals surface area (Å²) >= 11 is 0. The van der Waals surface area contributed by atoms with E-state index >= 15 is 0 Å². The van der Waals surface area contributed by atoms with Crippen LogP contribution in [0.25, 0.3) is 5.69 Å². The summed E-state index contributed by atoms with van der Waals surface area (Å²) < 4.78 is 7.35. The summed E-state index contributed by atoms with van der Waals surface area (Å²) in [6.45, 7) is 6.11. The summed E-state index contributed by atoms with van der Waals surface area (Å²) in [6, 6.07) is 18.1. The number of hydrogen-bond donors (Lipinski definition) is 3. The first-order chi connectivity index (χ1) is 17.1. The number of benzene rings is 2. The standard InChI is InChI=1S/C26H26N6O4/c1-26(2,3)22-15-23(32(31-22)17-5-4-6-18(33)13-17)30-25(35)29-16-7-9-19(10-8-16)36-20-11-12-28-21(14-20)24(27)34/h4-15,33H,1-3H3,(H2,27,34)(H2,29,30,35)/p+1. The Morgan fingerprint density at radius 2 is 1.72 bits per heavy atom. The fraction of sp³-hybridized carbons (Fsp3) is 0.154. The molecular weight excluding hydrogens is 460 g/mol. The smallest absolute Gasteiger partial charge is 0.324 e. The van der Waals surface area contributed by atoms with Gasteiger partial charge >= 0.3 is 6.03 Å². The van der Waals surface area contributed by atoms with Crippen LogP contribution in [0, 0.1) is 0 Å². The van der Waals surface area contributed by atoms with Gasteiger partial charge in [-0.15, -0.1) is 0 Å². The van der Waals surface area contributed by atoms with Gasteiger partial charge in [0.25, 0.3) is 11.7 Å². The molecule has 2 heterocycles. The Hall–Kier alpha value is -4.86. The van der Waals surface area contributed by atoms with E-state index in [1.54, 1.807) is 53.2 Å². The molecule has 10 nitrogen and oxygen atoms in total. The number of nitrogens with zero attached hydrogens (tertiary/aromatic N) is 3. The van der Waals surface area contributed by atoms with Gasteiger partial charge in [0.2, 0.25) is 0 Å². The number of amides is 3. The van der Waals surface area contributed by atoms with Gasteiger partial charge in [0.15, 0.2) is 0 Å². The Morgan fingerprint density at radius 3 is 2.39 bits per heavy atom. The molecule has 4 aromatic rings. The molecule has 0 radical (unpaired) electrons. The van der Waals surface area contributed by atoms with E-state index < -0.39 is 11.9 Å². The Morgan fingerprint density at radius 1 is 0.972 bits per heavy atom. The van der Waals surface area contributed by atoms with Crippen molar-refractivity contribution in [1.29, 1.82) is 0 Å². The molecule has 184 valence electrons. The molecule has 0 aliphatic heterocycles. The predicted molar refractivity (Wildman–Crippen MR) is 137 cm³/mol. The zero-order valence-electron chi connectivity index (χ0n) is 20.1. The summed E-state index contributed by atoms with van der Waals surface area (Å²) in [5.41, 5.74) is 7.13. The zero-order chi connectivity index (χ0) is 25.9. The highest BCUT2D eigenvalue weighted by atomic mass is 16.5. The summed E-state index contributed by atoms with van der Waals surface area (Å²) in [6.07, 6.45) is 1.44. The van der Waals surface area contributed by atoms with Crippen molar-refractivity contribution in [2.75, 3.05) is 10.6 Å². The molecule has 3 amide bonds. The molecule has 2 aromatic heterocycles. The monoisotopic (exact) mass is 487 g/mol. The van der Waals surface area contributed by atoms with Crippen LogP contribution in [-0.4, -0.2) is 31.8 Å². The SMILES string of the molecule is CC(C)(C)c1cc(NC(=O)Nc2ccc(Oc3ccnc(C(N)=O)c3)cc2)n(-c2cccc([OH2+])c2)n1. The van der Waals surface area contributed by atoms with E-state index in [4.69, 9.17) is 15.6 Å². The second kappa shape index (κ2) is 9.79. The second-order valence-corrected chi connectivity index (χ2v) is 9.07. The number of primary amides is 1. The van der Waals surface area contributed by atoms with Gasteiger partial charge < -0.3 is 20.9 Å². The van der Waals surface area contributed by atoms with Crippen LogP contribution < -0.4 is 21.1 Å².